The number of ketones is 1. The van der Waals surface area contributed by atoms with Gasteiger partial charge in [-0.2, -0.15) is 0 Å². The molecule has 1 aromatic carbocycles. The van der Waals surface area contributed by atoms with Crippen LogP contribution in [0.2, 0.25) is 5.02 Å². The Labute approximate surface area is 165 Å². The van der Waals surface area contributed by atoms with Gasteiger partial charge in [0.15, 0.2) is 18.1 Å². The lowest BCUT2D eigenvalue weighted by molar-refractivity contribution is 0.0472. The molecule has 1 aliphatic rings. The minimum Gasteiger partial charge on any atom is -0.461 e. The third-order valence-electron chi connectivity index (χ3n) is 4.19. The molecule has 0 fully saturated rings. The Morgan fingerprint density at radius 3 is 2.61 bits per heavy atom. The van der Waals surface area contributed by atoms with E-state index in [1.165, 1.54) is 12.1 Å². The van der Waals surface area contributed by atoms with Crippen molar-refractivity contribution in [1.82, 2.24) is 4.98 Å². The van der Waals surface area contributed by atoms with Gasteiger partial charge in [-0.15, -0.1) is 0 Å². The highest BCUT2D eigenvalue weighted by Gasteiger charge is 2.25. The predicted octanol–water partition coefficient (Wildman–Crippen LogP) is 3.23. The Morgan fingerprint density at radius 2 is 1.89 bits per heavy atom. The van der Waals surface area contributed by atoms with Gasteiger partial charge in [-0.25, -0.2) is 9.59 Å². The first-order valence-corrected chi connectivity index (χ1v) is 8.87. The van der Waals surface area contributed by atoms with E-state index in [9.17, 15) is 14.4 Å². The first kappa shape index (κ1) is 19.8. The molecule has 0 radical (unpaired) electrons. The molecule has 3 rings (SSSR count). The van der Waals surface area contributed by atoms with Gasteiger partial charge in [-0.3, -0.25) is 4.79 Å². The minimum atomic E-state index is -0.731. The van der Waals surface area contributed by atoms with Crippen molar-refractivity contribution in [2.45, 2.75) is 20.8 Å². The summed E-state index contributed by atoms with van der Waals surface area (Å²) in [6, 6.07) is 2.82. The maximum atomic E-state index is 12.5. The Kier molecular flexibility index (Phi) is 5.60. The number of rotatable bonds is 6. The van der Waals surface area contributed by atoms with Crippen LogP contribution in [0.4, 0.5) is 0 Å². The molecule has 148 valence electrons. The zero-order valence-corrected chi connectivity index (χ0v) is 16.3. The second kappa shape index (κ2) is 7.93. The van der Waals surface area contributed by atoms with Gasteiger partial charge in [-0.1, -0.05) is 11.6 Å². The first-order valence-electron chi connectivity index (χ1n) is 8.49. The van der Waals surface area contributed by atoms with E-state index < -0.39 is 24.3 Å². The van der Waals surface area contributed by atoms with Gasteiger partial charge in [0.25, 0.3) is 0 Å². The third-order valence-corrected chi connectivity index (χ3v) is 4.47. The van der Waals surface area contributed by atoms with Crippen molar-refractivity contribution in [2.75, 3.05) is 20.0 Å². The van der Waals surface area contributed by atoms with Crippen LogP contribution >= 0.6 is 11.6 Å². The number of esters is 2. The molecule has 0 bridgehead atoms. The van der Waals surface area contributed by atoms with Crippen molar-refractivity contribution in [3.05, 3.63) is 45.2 Å². The molecule has 28 heavy (non-hydrogen) atoms. The zero-order valence-electron chi connectivity index (χ0n) is 15.5. The molecule has 0 spiro atoms. The quantitative estimate of drug-likeness (QED) is 0.579. The van der Waals surface area contributed by atoms with Gasteiger partial charge in [0.1, 0.15) is 5.69 Å². The molecule has 1 N–H and O–H groups in total. The molecule has 0 unspecified atom stereocenters. The van der Waals surface area contributed by atoms with E-state index in [1.807, 2.05) is 0 Å². The number of aromatic amines is 1. The molecular weight excluding hydrogens is 390 g/mol. The van der Waals surface area contributed by atoms with Gasteiger partial charge in [0.2, 0.25) is 12.6 Å². The summed E-state index contributed by atoms with van der Waals surface area (Å²) in [5, 5.41) is 0.213. The molecular formula is C19H18ClNO7. The molecule has 1 aromatic heterocycles. The average molecular weight is 408 g/mol. The summed E-state index contributed by atoms with van der Waals surface area (Å²) < 4.78 is 20.5. The van der Waals surface area contributed by atoms with E-state index >= 15 is 0 Å². The summed E-state index contributed by atoms with van der Waals surface area (Å²) in [5.74, 6) is -1.03. The fraction of sp³-hybridized carbons (Fsp3) is 0.316. The predicted molar refractivity (Wildman–Crippen MR) is 98.4 cm³/mol. The number of ether oxygens (including phenoxy) is 4. The fourth-order valence-electron chi connectivity index (χ4n) is 2.95. The number of aryl methyl sites for hydroxylation is 1. The van der Waals surface area contributed by atoms with Gasteiger partial charge in [0, 0.05) is 11.3 Å². The fourth-order valence-corrected chi connectivity index (χ4v) is 3.21. The van der Waals surface area contributed by atoms with Crippen molar-refractivity contribution in [3.63, 3.8) is 0 Å². The van der Waals surface area contributed by atoms with Gasteiger partial charge in [0.05, 0.1) is 17.2 Å². The summed E-state index contributed by atoms with van der Waals surface area (Å²) >= 11 is 6.05. The number of halogens is 1. The van der Waals surface area contributed by atoms with Gasteiger partial charge in [-0.05, 0) is 38.5 Å². The Morgan fingerprint density at radius 1 is 1.14 bits per heavy atom. The topological polar surface area (TPSA) is 104 Å². The van der Waals surface area contributed by atoms with E-state index in [4.69, 9.17) is 30.5 Å². The molecule has 0 aliphatic carbocycles. The van der Waals surface area contributed by atoms with E-state index in [0.717, 1.165) is 0 Å². The van der Waals surface area contributed by atoms with Crippen LogP contribution in [0.1, 0.15) is 49.4 Å². The number of carbonyl (C=O) groups excluding carboxylic acids is 3. The highest BCUT2D eigenvalue weighted by molar-refractivity contribution is 6.32. The standard InChI is InChI=1S/C19H18ClNO7/c1-4-25-19(24)16-9(2)15(10(3)21-16)13(22)7-26-18(23)11-5-12(20)17-14(6-11)27-8-28-17/h5-6,21H,4,7-8H2,1-3H3. The number of hydrogen-bond donors (Lipinski definition) is 1. The molecule has 2 aromatic rings. The lowest BCUT2D eigenvalue weighted by Gasteiger charge is -2.07. The highest BCUT2D eigenvalue weighted by atomic mass is 35.5. The van der Waals surface area contributed by atoms with Crippen LogP contribution in [-0.4, -0.2) is 42.7 Å². The number of fused-ring (bicyclic) bond motifs is 1. The SMILES string of the molecule is CCOC(=O)c1[nH]c(C)c(C(=O)COC(=O)c2cc(Cl)c3c(c2)OCO3)c1C. The lowest BCUT2D eigenvalue weighted by atomic mass is 10.1. The van der Waals surface area contributed by atoms with E-state index in [2.05, 4.69) is 4.98 Å². The smallest absolute Gasteiger partial charge is 0.355 e. The van der Waals surface area contributed by atoms with Crippen LogP contribution in [-0.2, 0) is 9.47 Å². The number of carbonyl (C=O) groups is 3. The first-order chi connectivity index (χ1) is 13.3. The van der Waals surface area contributed by atoms with Crippen molar-refractivity contribution >= 4 is 29.3 Å². The Hall–Kier alpha value is -3.00. The highest BCUT2D eigenvalue weighted by Crippen LogP contribution is 2.39. The molecule has 0 atom stereocenters. The van der Waals surface area contributed by atoms with Crippen LogP contribution < -0.4 is 9.47 Å². The van der Waals surface area contributed by atoms with Crippen molar-refractivity contribution < 1.29 is 33.3 Å². The van der Waals surface area contributed by atoms with Crippen LogP contribution in [0.25, 0.3) is 0 Å². The van der Waals surface area contributed by atoms with E-state index in [-0.39, 0.29) is 29.7 Å². The molecule has 0 saturated carbocycles. The molecule has 1 aliphatic heterocycles. The summed E-state index contributed by atoms with van der Waals surface area (Å²) in [5.41, 5.74) is 1.57. The maximum absolute atomic E-state index is 12.5. The van der Waals surface area contributed by atoms with E-state index in [0.29, 0.717) is 28.3 Å². The Balaban J connectivity index is 1.72. The zero-order chi connectivity index (χ0) is 20.4. The third kappa shape index (κ3) is 3.68. The number of benzene rings is 1. The number of nitrogens with one attached hydrogen (secondary N) is 1. The normalized spacial score (nSPS) is 12.0. The van der Waals surface area contributed by atoms with E-state index in [1.54, 1.807) is 20.8 Å². The summed E-state index contributed by atoms with van der Waals surface area (Å²) in [4.78, 5) is 39.6. The lowest BCUT2D eigenvalue weighted by Crippen LogP contribution is -2.15. The minimum absolute atomic E-state index is 0.0148. The Bertz CT molecular complexity index is 964. The number of hydrogen-bond acceptors (Lipinski definition) is 7. The molecule has 0 saturated heterocycles. The summed E-state index contributed by atoms with van der Waals surface area (Å²) in [7, 11) is 0. The molecule has 2 heterocycles. The molecule has 8 nitrogen and oxygen atoms in total. The monoisotopic (exact) mass is 407 g/mol. The second-order valence-corrected chi connectivity index (χ2v) is 6.44. The van der Waals surface area contributed by atoms with Crippen LogP contribution in [0.5, 0.6) is 11.5 Å². The maximum Gasteiger partial charge on any atom is 0.355 e. The van der Waals surface area contributed by atoms with Crippen molar-refractivity contribution in [1.29, 1.82) is 0 Å². The van der Waals surface area contributed by atoms with Crippen LogP contribution in [0.15, 0.2) is 12.1 Å². The van der Waals surface area contributed by atoms with Crippen LogP contribution in [0, 0.1) is 13.8 Å². The second-order valence-electron chi connectivity index (χ2n) is 6.04. The van der Waals surface area contributed by atoms with Crippen LogP contribution in [0.3, 0.4) is 0 Å². The summed E-state index contributed by atoms with van der Waals surface area (Å²) in [6.45, 7) is 4.71. The number of aromatic nitrogens is 1. The van der Waals surface area contributed by atoms with Gasteiger partial charge < -0.3 is 23.9 Å². The largest absolute Gasteiger partial charge is 0.461 e. The molecule has 9 heteroatoms. The number of Topliss-reactive ketones (excluding diaryl/α,β-unsaturated/α-hetero) is 1. The van der Waals surface area contributed by atoms with Crippen molar-refractivity contribution in [3.8, 4) is 11.5 Å². The molecule has 0 amide bonds. The summed E-state index contributed by atoms with van der Waals surface area (Å²) in [6.07, 6.45) is 0. The van der Waals surface area contributed by atoms with Crippen molar-refractivity contribution in [2.24, 2.45) is 0 Å². The number of H-pyrrole nitrogens is 1. The van der Waals surface area contributed by atoms with Gasteiger partial charge >= 0.3 is 11.9 Å². The average Bonchev–Trinajstić information content (AvgIpc) is 3.24.